The summed E-state index contributed by atoms with van der Waals surface area (Å²) in [6, 6.07) is -0.889. The van der Waals surface area contributed by atoms with Crippen molar-refractivity contribution in [3.8, 4) is 0 Å². The summed E-state index contributed by atoms with van der Waals surface area (Å²) in [7, 11) is 0. The van der Waals surface area contributed by atoms with Gasteiger partial charge in [-0.15, -0.1) is 0 Å². The molecule has 0 aromatic rings. The van der Waals surface area contributed by atoms with Crippen LogP contribution in [0.3, 0.4) is 0 Å². The molecule has 0 rings (SSSR count). The molecule has 0 saturated heterocycles. The Hall–Kier alpha value is -2.94. The number of carboxylic acids is 2. The van der Waals surface area contributed by atoms with Gasteiger partial charge in [-0.3, -0.25) is 33.6 Å². The highest BCUT2D eigenvalue weighted by atomic mass is 127. The zero-order chi connectivity index (χ0) is 42.2. The predicted octanol–water partition coefficient (Wildman–Crippen LogP) is 3.82. The number of carbonyl (C=O) groups is 7. The number of aliphatic carboxylic acids is 2. The topological polar surface area (TPSA) is 245 Å². The lowest BCUT2D eigenvalue weighted by Crippen LogP contribution is -2.41. The number of ether oxygens (including phenoxy) is 4. The van der Waals surface area contributed by atoms with E-state index in [0.29, 0.717) is 39.0 Å². The molecule has 0 aromatic carbocycles. The second kappa shape index (κ2) is 39.9. The van der Waals surface area contributed by atoms with Gasteiger partial charge >= 0.3 is 11.9 Å². The Kier molecular flexibility index (Phi) is 37.8. The Morgan fingerprint density at radius 2 is 0.807 bits per heavy atom. The lowest BCUT2D eigenvalue weighted by molar-refractivity contribution is -0.138. The number of halogens is 1. The van der Waals surface area contributed by atoms with E-state index in [1.165, 1.54) is 74.0 Å². The summed E-state index contributed by atoms with van der Waals surface area (Å²) in [5, 5.41) is 28.1. The Morgan fingerprint density at radius 1 is 0.421 bits per heavy atom. The van der Waals surface area contributed by atoms with Crippen LogP contribution in [0.15, 0.2) is 0 Å². The van der Waals surface area contributed by atoms with Crippen LogP contribution >= 0.6 is 22.6 Å². The van der Waals surface area contributed by atoms with Crippen molar-refractivity contribution in [3.05, 3.63) is 0 Å². The zero-order valence-corrected chi connectivity index (χ0v) is 35.9. The fourth-order valence-electron chi connectivity index (χ4n) is 5.43. The van der Waals surface area contributed by atoms with Gasteiger partial charge in [-0.1, -0.05) is 77.0 Å². The Labute approximate surface area is 351 Å². The average molecular weight is 929 g/mol. The van der Waals surface area contributed by atoms with Crippen molar-refractivity contribution in [2.45, 2.75) is 134 Å². The van der Waals surface area contributed by atoms with Gasteiger partial charge < -0.3 is 50.4 Å². The van der Waals surface area contributed by atoms with E-state index in [2.05, 4.69) is 21.3 Å². The highest BCUT2D eigenvalue weighted by Crippen LogP contribution is 2.14. The highest BCUT2D eigenvalue weighted by molar-refractivity contribution is 14.1. The largest absolute Gasteiger partial charge is 0.481 e. The molecule has 0 fully saturated rings. The number of rotatable bonds is 42. The fraction of sp³-hybridized carbons (Fsp3) is 0.821. The third kappa shape index (κ3) is 41.0. The van der Waals surface area contributed by atoms with Crippen molar-refractivity contribution in [1.29, 1.82) is 0 Å². The zero-order valence-electron chi connectivity index (χ0n) is 33.8. The van der Waals surface area contributed by atoms with Crippen LogP contribution < -0.4 is 21.3 Å². The number of carbonyl (C=O) groups excluding carboxylic acids is 5. The maximum atomic E-state index is 12.1. The Bertz CT molecular complexity index is 1120. The molecule has 0 saturated carbocycles. The molecule has 0 aromatic heterocycles. The number of hydrogen-bond acceptors (Lipinski definition) is 11. The van der Waals surface area contributed by atoms with Gasteiger partial charge in [-0.05, 0) is 25.7 Å². The highest BCUT2D eigenvalue weighted by Gasteiger charge is 2.19. The van der Waals surface area contributed by atoms with Crippen LogP contribution in [0.5, 0.6) is 0 Å². The van der Waals surface area contributed by atoms with Crippen molar-refractivity contribution < 1.29 is 62.7 Å². The van der Waals surface area contributed by atoms with E-state index in [9.17, 15) is 33.6 Å². The first-order valence-electron chi connectivity index (χ1n) is 20.5. The van der Waals surface area contributed by atoms with Gasteiger partial charge in [-0.2, -0.15) is 0 Å². The van der Waals surface area contributed by atoms with Crippen LogP contribution in [0.4, 0.5) is 0 Å². The fourth-order valence-corrected chi connectivity index (χ4v) is 5.90. The molecule has 1 atom stereocenters. The number of carboxylic acid groups (broad SMARTS) is 2. The quantitative estimate of drug-likeness (QED) is 0.0290. The molecule has 330 valence electrons. The lowest BCUT2D eigenvalue weighted by atomic mass is 10.0. The van der Waals surface area contributed by atoms with Crippen LogP contribution in [-0.4, -0.2) is 128 Å². The number of hydrogen-bond donors (Lipinski definition) is 6. The summed E-state index contributed by atoms with van der Waals surface area (Å²) in [5.74, 6) is -2.70. The third-order valence-electron chi connectivity index (χ3n) is 8.55. The normalized spacial score (nSPS) is 11.5. The summed E-state index contributed by atoms with van der Waals surface area (Å²) in [6.07, 6.45) is 17.4. The summed E-state index contributed by atoms with van der Waals surface area (Å²) in [6.45, 7) is 1.88. The van der Waals surface area contributed by atoms with Crippen LogP contribution in [0.2, 0.25) is 0 Å². The smallest absolute Gasteiger partial charge is 0.303 e. The molecule has 6 N–H and O–H groups in total. The molecule has 0 aliphatic rings. The average Bonchev–Trinajstić information content (AvgIpc) is 3.16. The van der Waals surface area contributed by atoms with Gasteiger partial charge in [0.2, 0.25) is 27.4 Å². The third-order valence-corrected chi connectivity index (χ3v) is 9.30. The first-order valence-corrected chi connectivity index (χ1v) is 21.6. The van der Waals surface area contributed by atoms with E-state index in [1.807, 2.05) is 0 Å². The van der Waals surface area contributed by atoms with Crippen LogP contribution in [-0.2, 0) is 52.5 Å². The van der Waals surface area contributed by atoms with Gasteiger partial charge in [0.1, 0.15) is 13.2 Å². The molecule has 17 nitrogen and oxygen atoms in total. The monoisotopic (exact) mass is 928 g/mol. The molecule has 0 radical (unpaired) electrons. The number of unbranched alkanes of at least 4 members (excludes halogenated alkanes) is 13. The lowest BCUT2D eigenvalue weighted by Gasteiger charge is -2.14. The first kappa shape index (κ1) is 54.1. The van der Waals surface area contributed by atoms with Crippen LogP contribution in [0.1, 0.15) is 128 Å². The minimum Gasteiger partial charge on any atom is -0.481 e. The summed E-state index contributed by atoms with van der Waals surface area (Å²) < 4.78 is 20.8. The van der Waals surface area contributed by atoms with Crippen LogP contribution in [0.25, 0.3) is 0 Å². The van der Waals surface area contributed by atoms with Gasteiger partial charge in [-0.25, -0.2) is 0 Å². The Morgan fingerprint density at radius 3 is 1.28 bits per heavy atom. The van der Waals surface area contributed by atoms with E-state index in [1.54, 1.807) is 0 Å². The maximum Gasteiger partial charge on any atom is 0.303 e. The summed E-state index contributed by atoms with van der Waals surface area (Å²) >= 11 is 1.51. The second-order valence-electron chi connectivity index (χ2n) is 13.7. The van der Waals surface area contributed by atoms with E-state index >= 15 is 0 Å². The van der Waals surface area contributed by atoms with Crippen molar-refractivity contribution in [2.24, 2.45) is 0 Å². The summed E-state index contributed by atoms with van der Waals surface area (Å²) in [4.78, 5) is 80.5. The van der Waals surface area contributed by atoms with Crippen molar-refractivity contribution in [1.82, 2.24) is 21.3 Å². The van der Waals surface area contributed by atoms with E-state index in [-0.39, 0.29) is 93.6 Å². The van der Waals surface area contributed by atoms with Gasteiger partial charge in [0.05, 0.1) is 45.7 Å². The molecular weight excluding hydrogens is 859 g/mol. The number of amides is 4. The molecule has 57 heavy (non-hydrogen) atoms. The van der Waals surface area contributed by atoms with E-state index < -0.39 is 23.9 Å². The second-order valence-corrected chi connectivity index (χ2v) is 14.7. The molecule has 0 aliphatic heterocycles. The van der Waals surface area contributed by atoms with Crippen LogP contribution in [0, 0.1) is 0 Å². The molecular formula is C39H69IN4O13. The van der Waals surface area contributed by atoms with Gasteiger partial charge in [0.15, 0.2) is 0 Å². The SMILES string of the molecule is O=C(O)CCCCCCCCCCCCCCCCC(=O)NCCCC(=O)NCCOCCOCC(=O)NCCOCCOCC(=O)N[C@@H](CCC(=O)O)C(=O)I. The van der Waals surface area contributed by atoms with Gasteiger partial charge in [0.25, 0.3) is 0 Å². The standard InChI is InChI=1S/C39H69IN4O13/c40-39(53)32(19-20-38(51)52)44-36(48)31-57-29-27-55-25-23-43-35(47)30-56-28-26-54-24-22-42-34(46)17-15-21-41-33(45)16-13-11-9-7-5-3-1-2-4-6-8-10-12-14-18-37(49)50/h32H,1-31H2,(H,41,45)(H,42,46)(H,43,47)(H,44,48)(H,49,50)(H,51,52)/t32-/m0/s1. The molecule has 0 spiro atoms. The molecule has 0 heterocycles. The first-order chi connectivity index (χ1) is 27.5. The summed E-state index contributed by atoms with van der Waals surface area (Å²) in [5.41, 5.74) is 0. The minimum absolute atomic E-state index is 0.00246. The molecule has 18 heteroatoms. The molecule has 0 bridgehead atoms. The molecule has 4 amide bonds. The molecule has 0 aliphatic carbocycles. The maximum absolute atomic E-state index is 12.1. The van der Waals surface area contributed by atoms with Crippen molar-refractivity contribution in [3.63, 3.8) is 0 Å². The minimum atomic E-state index is -1.06. The van der Waals surface area contributed by atoms with Crippen molar-refractivity contribution in [2.75, 3.05) is 72.5 Å². The van der Waals surface area contributed by atoms with E-state index in [0.717, 1.165) is 38.5 Å². The van der Waals surface area contributed by atoms with Crippen molar-refractivity contribution >= 4 is 61.9 Å². The molecule has 0 unspecified atom stereocenters. The Balaban J connectivity index is 3.46. The van der Waals surface area contributed by atoms with Gasteiger partial charge in [0, 0.05) is 67.9 Å². The van der Waals surface area contributed by atoms with E-state index in [4.69, 9.17) is 29.2 Å². The number of nitrogens with one attached hydrogen (secondary N) is 4. The predicted molar refractivity (Wildman–Crippen MR) is 221 cm³/mol.